The molecular formula is C17H17N5O5. The van der Waals surface area contributed by atoms with E-state index in [1.807, 2.05) is 0 Å². The number of azo groups is 1. The summed E-state index contributed by atoms with van der Waals surface area (Å²) in [6.45, 7) is -0.179. The second kappa shape index (κ2) is 9.06. The first-order chi connectivity index (χ1) is 12.9. The van der Waals surface area contributed by atoms with Gasteiger partial charge in [0.2, 0.25) is 5.91 Å². The zero-order valence-corrected chi connectivity index (χ0v) is 14.3. The third-order valence-corrected chi connectivity index (χ3v) is 3.43. The number of amides is 3. The molecule has 10 heteroatoms. The Morgan fingerprint density at radius 1 is 0.963 bits per heavy atom. The summed E-state index contributed by atoms with van der Waals surface area (Å²) >= 11 is 0. The van der Waals surface area contributed by atoms with E-state index in [4.69, 9.17) is 5.21 Å². The van der Waals surface area contributed by atoms with Crippen molar-refractivity contribution in [2.75, 3.05) is 13.6 Å². The summed E-state index contributed by atoms with van der Waals surface area (Å²) in [6, 6.07) is 9.95. The van der Waals surface area contributed by atoms with Crippen molar-refractivity contribution in [3.05, 3.63) is 53.6 Å². The second-order valence-electron chi connectivity index (χ2n) is 5.25. The van der Waals surface area contributed by atoms with Crippen LogP contribution in [-0.4, -0.2) is 41.6 Å². The average molecular weight is 371 g/mol. The third-order valence-electron chi connectivity index (χ3n) is 3.43. The molecule has 0 radical (unpaired) electrons. The molecule has 0 aliphatic rings. The summed E-state index contributed by atoms with van der Waals surface area (Å²) in [7, 11) is 1.45. The first-order valence-electron chi connectivity index (χ1n) is 7.72. The van der Waals surface area contributed by atoms with E-state index >= 15 is 0 Å². The molecule has 10 nitrogen and oxygen atoms in total. The summed E-state index contributed by atoms with van der Waals surface area (Å²) < 4.78 is 0. The first kappa shape index (κ1) is 19.5. The number of aromatic hydroxyl groups is 1. The van der Waals surface area contributed by atoms with E-state index in [0.717, 1.165) is 0 Å². The molecular weight excluding hydrogens is 354 g/mol. The standard InChI is InChI=1S/C17H17N5O5/c1-18-15(24)9-19-16(25)11-4-7-13(14(23)8-11)21-20-12-5-2-10(3-6-12)17(26)22-27/h2-8,23,27H,9H2,1H3,(H,18,24)(H,19,25)(H,22,26)/b21-20+. The number of carbonyl (C=O) groups excluding carboxylic acids is 3. The van der Waals surface area contributed by atoms with Crippen LogP contribution in [0, 0.1) is 0 Å². The summed E-state index contributed by atoms with van der Waals surface area (Å²) in [5.74, 6) is -1.78. The molecule has 0 saturated heterocycles. The maximum absolute atomic E-state index is 11.9. The zero-order valence-electron chi connectivity index (χ0n) is 14.3. The summed E-state index contributed by atoms with van der Waals surface area (Å²) in [4.78, 5) is 34.3. The number of likely N-dealkylation sites (N-methyl/N-ethyl adjacent to an activating group) is 1. The number of carbonyl (C=O) groups is 3. The van der Waals surface area contributed by atoms with E-state index in [2.05, 4.69) is 20.9 Å². The highest BCUT2D eigenvalue weighted by Crippen LogP contribution is 2.29. The average Bonchev–Trinajstić information content (AvgIpc) is 2.70. The molecule has 2 aromatic carbocycles. The molecule has 27 heavy (non-hydrogen) atoms. The molecule has 0 aliphatic carbocycles. The number of nitrogens with one attached hydrogen (secondary N) is 3. The zero-order chi connectivity index (χ0) is 19.8. The quantitative estimate of drug-likeness (QED) is 0.295. The van der Waals surface area contributed by atoms with Gasteiger partial charge in [0.05, 0.1) is 12.2 Å². The van der Waals surface area contributed by atoms with Crippen LogP contribution >= 0.6 is 0 Å². The Morgan fingerprint density at radius 3 is 2.22 bits per heavy atom. The molecule has 3 amide bonds. The predicted molar refractivity (Wildman–Crippen MR) is 94.4 cm³/mol. The van der Waals surface area contributed by atoms with Gasteiger partial charge in [-0.15, -0.1) is 5.11 Å². The van der Waals surface area contributed by atoms with Gasteiger partial charge >= 0.3 is 0 Å². The van der Waals surface area contributed by atoms with Gasteiger partial charge in [0, 0.05) is 18.2 Å². The van der Waals surface area contributed by atoms with Crippen LogP contribution in [0.3, 0.4) is 0 Å². The molecule has 0 atom stereocenters. The Bertz CT molecular complexity index is 880. The van der Waals surface area contributed by atoms with Gasteiger partial charge in [0.15, 0.2) is 0 Å². The highest BCUT2D eigenvalue weighted by molar-refractivity contribution is 5.97. The monoisotopic (exact) mass is 371 g/mol. The van der Waals surface area contributed by atoms with Crippen molar-refractivity contribution in [3.63, 3.8) is 0 Å². The van der Waals surface area contributed by atoms with Crippen LogP contribution in [0.25, 0.3) is 0 Å². The first-order valence-corrected chi connectivity index (χ1v) is 7.72. The molecule has 0 saturated carbocycles. The number of phenols is 1. The van der Waals surface area contributed by atoms with Crippen LogP contribution < -0.4 is 16.1 Å². The van der Waals surface area contributed by atoms with Crippen molar-refractivity contribution in [2.24, 2.45) is 10.2 Å². The van der Waals surface area contributed by atoms with Crippen molar-refractivity contribution in [1.29, 1.82) is 0 Å². The Kier molecular flexibility index (Phi) is 6.55. The largest absolute Gasteiger partial charge is 0.506 e. The number of benzene rings is 2. The van der Waals surface area contributed by atoms with E-state index in [0.29, 0.717) is 5.69 Å². The van der Waals surface area contributed by atoms with Crippen molar-refractivity contribution in [2.45, 2.75) is 0 Å². The molecule has 0 bridgehead atoms. The minimum atomic E-state index is -0.651. The third kappa shape index (κ3) is 5.34. The SMILES string of the molecule is CNC(=O)CNC(=O)c1ccc(/N=N/c2ccc(C(=O)NO)cc2)c(O)c1. The van der Waals surface area contributed by atoms with Gasteiger partial charge < -0.3 is 15.7 Å². The van der Waals surface area contributed by atoms with Crippen LogP contribution in [0.2, 0.25) is 0 Å². The summed E-state index contributed by atoms with van der Waals surface area (Å²) in [6.07, 6.45) is 0. The molecule has 0 fully saturated rings. The van der Waals surface area contributed by atoms with Crippen LogP contribution in [0.15, 0.2) is 52.7 Å². The van der Waals surface area contributed by atoms with E-state index < -0.39 is 11.8 Å². The van der Waals surface area contributed by atoms with Crippen LogP contribution in [-0.2, 0) is 4.79 Å². The van der Waals surface area contributed by atoms with Gasteiger partial charge in [0.25, 0.3) is 11.8 Å². The fourth-order valence-electron chi connectivity index (χ4n) is 1.96. The van der Waals surface area contributed by atoms with Crippen molar-refractivity contribution in [1.82, 2.24) is 16.1 Å². The Labute approximate surface area is 153 Å². The van der Waals surface area contributed by atoms with Crippen LogP contribution in [0.4, 0.5) is 11.4 Å². The van der Waals surface area contributed by atoms with Crippen molar-refractivity contribution >= 4 is 29.1 Å². The molecule has 140 valence electrons. The topological polar surface area (TPSA) is 152 Å². The van der Waals surface area contributed by atoms with E-state index in [9.17, 15) is 19.5 Å². The number of rotatable bonds is 6. The Balaban J connectivity index is 2.07. The molecule has 2 rings (SSSR count). The number of nitrogens with zero attached hydrogens (tertiary/aromatic N) is 2. The molecule has 0 aromatic heterocycles. The lowest BCUT2D eigenvalue weighted by Gasteiger charge is -2.05. The molecule has 0 heterocycles. The highest BCUT2D eigenvalue weighted by atomic mass is 16.5. The van der Waals surface area contributed by atoms with Crippen LogP contribution in [0.5, 0.6) is 5.75 Å². The van der Waals surface area contributed by atoms with E-state index in [1.165, 1.54) is 55.0 Å². The lowest BCUT2D eigenvalue weighted by atomic mass is 10.2. The lowest BCUT2D eigenvalue weighted by molar-refractivity contribution is -0.119. The maximum Gasteiger partial charge on any atom is 0.274 e. The summed E-state index contributed by atoms with van der Waals surface area (Å²) in [5.41, 5.74) is 2.47. The van der Waals surface area contributed by atoms with Gasteiger partial charge in [-0.25, -0.2) is 5.48 Å². The normalized spacial score (nSPS) is 10.4. The Morgan fingerprint density at radius 2 is 1.63 bits per heavy atom. The smallest absolute Gasteiger partial charge is 0.274 e. The molecule has 5 N–H and O–H groups in total. The fourth-order valence-corrected chi connectivity index (χ4v) is 1.96. The van der Waals surface area contributed by atoms with Gasteiger partial charge in [-0.3, -0.25) is 19.6 Å². The lowest BCUT2D eigenvalue weighted by Crippen LogP contribution is -2.35. The summed E-state index contributed by atoms with van der Waals surface area (Å²) in [5, 5.41) is 31.1. The Hall–Kier alpha value is -3.79. The van der Waals surface area contributed by atoms with Crippen molar-refractivity contribution < 1.29 is 24.7 Å². The number of hydrogen-bond donors (Lipinski definition) is 5. The molecule has 0 aliphatic heterocycles. The minimum Gasteiger partial charge on any atom is -0.506 e. The molecule has 0 spiro atoms. The number of hydroxylamine groups is 1. The van der Waals surface area contributed by atoms with E-state index in [-0.39, 0.29) is 35.0 Å². The number of phenolic OH excluding ortho intramolecular Hbond substituents is 1. The molecule has 2 aromatic rings. The van der Waals surface area contributed by atoms with Gasteiger partial charge in [-0.05, 0) is 42.5 Å². The predicted octanol–water partition coefficient (Wildman–Crippen LogP) is 1.40. The van der Waals surface area contributed by atoms with Crippen molar-refractivity contribution in [3.8, 4) is 5.75 Å². The van der Waals surface area contributed by atoms with Crippen LogP contribution in [0.1, 0.15) is 20.7 Å². The maximum atomic E-state index is 11.9. The second-order valence-corrected chi connectivity index (χ2v) is 5.25. The number of hydrogen-bond acceptors (Lipinski definition) is 7. The fraction of sp³-hybridized carbons (Fsp3) is 0.118. The highest BCUT2D eigenvalue weighted by Gasteiger charge is 2.10. The van der Waals surface area contributed by atoms with Gasteiger partial charge in [-0.2, -0.15) is 5.11 Å². The molecule has 0 unspecified atom stereocenters. The van der Waals surface area contributed by atoms with Gasteiger partial charge in [0.1, 0.15) is 11.4 Å². The van der Waals surface area contributed by atoms with Gasteiger partial charge in [-0.1, -0.05) is 0 Å². The minimum absolute atomic E-state index is 0.134. The van der Waals surface area contributed by atoms with E-state index in [1.54, 1.807) is 0 Å².